The quantitative estimate of drug-likeness (QED) is 0.870. The molecule has 0 radical (unpaired) electrons. The standard InChI is InChI=1S/C13H21N3O/c1-9-7-16(10(2)11-5-6-17-8-11)13(14-9)15-12-3-4-12/h7,10-12H,3-6,8H2,1-2H3,(H,14,15). The van der Waals surface area contributed by atoms with Crippen LogP contribution in [0.1, 0.15) is 37.9 Å². The SMILES string of the molecule is Cc1cn(C(C)C2CCOC2)c(NC2CC2)n1. The Kier molecular flexibility index (Phi) is 2.82. The Morgan fingerprint density at radius 2 is 2.29 bits per heavy atom. The molecular formula is C13H21N3O. The summed E-state index contributed by atoms with van der Waals surface area (Å²) in [7, 11) is 0. The highest BCUT2D eigenvalue weighted by atomic mass is 16.5. The Morgan fingerprint density at radius 3 is 2.94 bits per heavy atom. The van der Waals surface area contributed by atoms with Gasteiger partial charge in [-0.3, -0.25) is 0 Å². The fourth-order valence-corrected chi connectivity index (χ4v) is 2.50. The van der Waals surface area contributed by atoms with Crippen LogP contribution in [0.4, 0.5) is 5.95 Å². The zero-order chi connectivity index (χ0) is 11.8. The van der Waals surface area contributed by atoms with Crippen LogP contribution in [-0.2, 0) is 4.74 Å². The molecule has 2 aliphatic rings. The topological polar surface area (TPSA) is 39.1 Å². The van der Waals surface area contributed by atoms with Gasteiger partial charge in [0, 0.05) is 30.8 Å². The number of aromatic nitrogens is 2. The van der Waals surface area contributed by atoms with E-state index in [1.807, 2.05) is 0 Å². The first kappa shape index (κ1) is 11.1. The second kappa shape index (κ2) is 4.33. The minimum atomic E-state index is 0.472. The molecule has 1 N–H and O–H groups in total. The first-order valence-corrected chi connectivity index (χ1v) is 6.64. The minimum Gasteiger partial charge on any atom is -0.381 e. The van der Waals surface area contributed by atoms with Gasteiger partial charge in [-0.05, 0) is 33.1 Å². The summed E-state index contributed by atoms with van der Waals surface area (Å²) in [4.78, 5) is 4.59. The average Bonchev–Trinajstić information content (AvgIpc) is 2.82. The zero-order valence-electron chi connectivity index (χ0n) is 10.6. The van der Waals surface area contributed by atoms with E-state index in [0.717, 1.165) is 24.9 Å². The largest absolute Gasteiger partial charge is 0.381 e. The lowest BCUT2D eigenvalue weighted by atomic mass is 10.0. The second-order valence-electron chi connectivity index (χ2n) is 5.40. The molecule has 1 saturated carbocycles. The van der Waals surface area contributed by atoms with Crippen molar-refractivity contribution in [1.29, 1.82) is 0 Å². The van der Waals surface area contributed by atoms with Gasteiger partial charge in [0.05, 0.1) is 12.3 Å². The molecule has 2 fully saturated rings. The highest BCUT2D eigenvalue weighted by Crippen LogP contribution is 2.31. The first-order chi connectivity index (χ1) is 8.24. The van der Waals surface area contributed by atoms with Crippen molar-refractivity contribution in [3.05, 3.63) is 11.9 Å². The third-order valence-corrected chi connectivity index (χ3v) is 3.85. The molecule has 2 atom stereocenters. The molecule has 2 heterocycles. The van der Waals surface area contributed by atoms with Crippen LogP contribution in [0.2, 0.25) is 0 Å². The predicted molar refractivity (Wildman–Crippen MR) is 67.2 cm³/mol. The van der Waals surface area contributed by atoms with E-state index in [2.05, 4.69) is 34.9 Å². The van der Waals surface area contributed by atoms with Crippen LogP contribution < -0.4 is 5.32 Å². The maximum atomic E-state index is 5.49. The molecule has 17 heavy (non-hydrogen) atoms. The molecule has 94 valence electrons. The van der Waals surface area contributed by atoms with Crippen LogP contribution in [0.25, 0.3) is 0 Å². The summed E-state index contributed by atoms with van der Waals surface area (Å²) >= 11 is 0. The van der Waals surface area contributed by atoms with Crippen molar-refractivity contribution in [3.8, 4) is 0 Å². The van der Waals surface area contributed by atoms with Gasteiger partial charge >= 0.3 is 0 Å². The predicted octanol–water partition coefficient (Wildman–Crippen LogP) is 2.36. The minimum absolute atomic E-state index is 0.472. The Labute approximate surface area is 102 Å². The lowest BCUT2D eigenvalue weighted by Crippen LogP contribution is -2.19. The summed E-state index contributed by atoms with van der Waals surface area (Å²) in [6.45, 7) is 6.14. The molecule has 4 heteroatoms. The smallest absolute Gasteiger partial charge is 0.203 e. The van der Waals surface area contributed by atoms with Crippen molar-refractivity contribution in [2.24, 2.45) is 5.92 Å². The van der Waals surface area contributed by atoms with Gasteiger partial charge in [0.25, 0.3) is 0 Å². The van der Waals surface area contributed by atoms with E-state index < -0.39 is 0 Å². The molecule has 0 amide bonds. The number of imidazole rings is 1. The Balaban J connectivity index is 1.79. The molecule has 0 aromatic carbocycles. The summed E-state index contributed by atoms with van der Waals surface area (Å²) in [5.74, 6) is 1.67. The summed E-state index contributed by atoms with van der Waals surface area (Å²) in [6, 6.07) is 1.13. The van der Waals surface area contributed by atoms with E-state index >= 15 is 0 Å². The van der Waals surface area contributed by atoms with Crippen LogP contribution in [0, 0.1) is 12.8 Å². The lowest BCUT2D eigenvalue weighted by Gasteiger charge is -2.21. The summed E-state index contributed by atoms with van der Waals surface area (Å²) < 4.78 is 7.78. The van der Waals surface area contributed by atoms with E-state index in [1.165, 1.54) is 19.3 Å². The Hall–Kier alpha value is -1.03. The highest BCUT2D eigenvalue weighted by Gasteiger charge is 2.28. The molecule has 1 aliphatic heterocycles. The van der Waals surface area contributed by atoms with Gasteiger partial charge in [0.2, 0.25) is 5.95 Å². The Bertz CT molecular complexity index is 391. The maximum Gasteiger partial charge on any atom is 0.203 e. The van der Waals surface area contributed by atoms with Crippen molar-refractivity contribution in [2.45, 2.75) is 45.2 Å². The Morgan fingerprint density at radius 1 is 1.47 bits per heavy atom. The molecule has 1 aromatic heterocycles. The van der Waals surface area contributed by atoms with Crippen LogP contribution in [0.3, 0.4) is 0 Å². The number of ether oxygens (including phenoxy) is 1. The zero-order valence-corrected chi connectivity index (χ0v) is 10.6. The van der Waals surface area contributed by atoms with Crippen molar-refractivity contribution in [1.82, 2.24) is 9.55 Å². The lowest BCUT2D eigenvalue weighted by molar-refractivity contribution is 0.175. The molecule has 2 unspecified atom stereocenters. The van der Waals surface area contributed by atoms with Crippen LogP contribution in [0.5, 0.6) is 0 Å². The summed E-state index contributed by atoms with van der Waals surface area (Å²) in [6.07, 6.45) is 5.90. The van der Waals surface area contributed by atoms with Crippen LogP contribution >= 0.6 is 0 Å². The van der Waals surface area contributed by atoms with Crippen molar-refractivity contribution in [3.63, 3.8) is 0 Å². The fourth-order valence-electron chi connectivity index (χ4n) is 2.50. The van der Waals surface area contributed by atoms with Gasteiger partial charge in [-0.25, -0.2) is 4.98 Å². The highest BCUT2D eigenvalue weighted by molar-refractivity contribution is 5.32. The normalized spacial score (nSPS) is 26.1. The first-order valence-electron chi connectivity index (χ1n) is 6.64. The number of hydrogen-bond acceptors (Lipinski definition) is 3. The van der Waals surface area contributed by atoms with E-state index in [4.69, 9.17) is 4.74 Å². The van der Waals surface area contributed by atoms with Gasteiger partial charge < -0.3 is 14.6 Å². The number of anilines is 1. The van der Waals surface area contributed by atoms with E-state index in [0.29, 0.717) is 18.0 Å². The van der Waals surface area contributed by atoms with Crippen molar-refractivity contribution in [2.75, 3.05) is 18.5 Å². The maximum absolute atomic E-state index is 5.49. The van der Waals surface area contributed by atoms with E-state index in [1.54, 1.807) is 0 Å². The number of hydrogen-bond donors (Lipinski definition) is 1. The molecule has 4 nitrogen and oxygen atoms in total. The molecule has 1 saturated heterocycles. The number of nitrogens with zero attached hydrogens (tertiary/aromatic N) is 2. The van der Waals surface area contributed by atoms with Crippen LogP contribution in [0.15, 0.2) is 6.20 Å². The molecule has 0 spiro atoms. The fraction of sp³-hybridized carbons (Fsp3) is 0.769. The molecule has 0 bridgehead atoms. The summed E-state index contributed by atoms with van der Waals surface area (Å²) in [5, 5.41) is 3.52. The van der Waals surface area contributed by atoms with Gasteiger partial charge in [-0.1, -0.05) is 0 Å². The summed E-state index contributed by atoms with van der Waals surface area (Å²) in [5.41, 5.74) is 1.10. The third kappa shape index (κ3) is 2.32. The number of nitrogens with one attached hydrogen (secondary N) is 1. The number of aryl methyl sites for hydroxylation is 1. The molecular weight excluding hydrogens is 214 g/mol. The van der Waals surface area contributed by atoms with Gasteiger partial charge in [0.15, 0.2) is 0 Å². The van der Waals surface area contributed by atoms with Gasteiger partial charge in [0.1, 0.15) is 0 Å². The second-order valence-corrected chi connectivity index (χ2v) is 5.40. The monoisotopic (exact) mass is 235 g/mol. The average molecular weight is 235 g/mol. The molecule has 1 aliphatic carbocycles. The van der Waals surface area contributed by atoms with Crippen molar-refractivity contribution >= 4 is 5.95 Å². The van der Waals surface area contributed by atoms with Gasteiger partial charge in [-0.15, -0.1) is 0 Å². The molecule has 1 aromatic rings. The van der Waals surface area contributed by atoms with Gasteiger partial charge in [-0.2, -0.15) is 0 Å². The molecule has 3 rings (SSSR count). The third-order valence-electron chi connectivity index (χ3n) is 3.85. The van der Waals surface area contributed by atoms with Crippen LogP contribution in [-0.4, -0.2) is 28.8 Å². The van der Waals surface area contributed by atoms with Crippen molar-refractivity contribution < 1.29 is 4.74 Å². The van der Waals surface area contributed by atoms with E-state index in [-0.39, 0.29) is 0 Å². The number of rotatable bonds is 4. The van der Waals surface area contributed by atoms with E-state index in [9.17, 15) is 0 Å².